The molecule has 2 aliphatic rings. The number of amides is 2. The first-order chi connectivity index (χ1) is 19.2. The van der Waals surface area contributed by atoms with Crippen LogP contribution in [0.15, 0.2) is 24.5 Å². The van der Waals surface area contributed by atoms with E-state index in [0.717, 1.165) is 12.8 Å². The van der Waals surface area contributed by atoms with E-state index in [1.54, 1.807) is 6.92 Å². The summed E-state index contributed by atoms with van der Waals surface area (Å²) in [5.41, 5.74) is 2.09. The van der Waals surface area contributed by atoms with E-state index >= 15 is 0 Å². The van der Waals surface area contributed by atoms with Gasteiger partial charge in [-0.05, 0) is 56.7 Å². The Hall–Kier alpha value is -3.67. The number of aromatic amines is 1. The third-order valence-electron chi connectivity index (χ3n) is 7.41. The molecule has 0 saturated heterocycles. The number of alkyl halides is 3. The van der Waals surface area contributed by atoms with Crippen molar-refractivity contribution in [3.63, 3.8) is 0 Å². The van der Waals surface area contributed by atoms with Gasteiger partial charge < -0.3 is 25.1 Å². The molecule has 0 aliphatic heterocycles. The van der Waals surface area contributed by atoms with E-state index in [0.29, 0.717) is 59.1 Å². The first-order valence-electron chi connectivity index (χ1n) is 13.4. The fourth-order valence-electron chi connectivity index (χ4n) is 5.14. The molecular weight excluding hydrogens is 527 g/mol. The molecular formula is C28H32F3N5O4. The molecule has 3 aromatic rings. The zero-order chi connectivity index (χ0) is 28.4. The lowest BCUT2D eigenvalue weighted by atomic mass is 9.89. The van der Waals surface area contributed by atoms with Crippen LogP contribution in [0.4, 0.5) is 13.2 Å². The summed E-state index contributed by atoms with van der Waals surface area (Å²) >= 11 is 0. The molecule has 0 spiro atoms. The van der Waals surface area contributed by atoms with Crippen LogP contribution in [0, 0.1) is 12.8 Å². The zero-order valence-corrected chi connectivity index (χ0v) is 22.3. The van der Waals surface area contributed by atoms with Crippen molar-refractivity contribution in [2.75, 3.05) is 20.3 Å². The largest absolute Gasteiger partial charge is 0.493 e. The number of ether oxygens (including phenoxy) is 2. The molecule has 2 fully saturated rings. The standard InChI is InChI=1S/C28H32F3N5O4/c1-14-23(28(38)35-17-6-7-20(19(29)10-17)36-22(37)12-39-2)25-26(34-14)24(32-13-33-25)18-9-16(27(30)31)5-8-21(18)40-11-15-3-4-15/h5,8-9,13,15,17,19-20,27,34H,3-4,6-7,10-12H2,1-2H3,(H,35,38)(H,36,37). The van der Waals surface area contributed by atoms with Crippen LogP contribution in [0.5, 0.6) is 5.75 Å². The average molecular weight is 560 g/mol. The highest BCUT2D eigenvalue weighted by Crippen LogP contribution is 2.38. The lowest BCUT2D eigenvalue weighted by Gasteiger charge is -2.32. The summed E-state index contributed by atoms with van der Waals surface area (Å²) in [6, 6.07) is 3.15. The number of rotatable bonds is 10. The van der Waals surface area contributed by atoms with Crippen molar-refractivity contribution < 1.29 is 32.2 Å². The average Bonchev–Trinajstić information content (AvgIpc) is 3.68. The molecule has 3 N–H and O–H groups in total. The first-order valence-corrected chi connectivity index (χ1v) is 13.4. The number of carbonyl (C=O) groups excluding carboxylic acids is 2. The number of nitrogens with zero attached hydrogens (tertiary/aromatic N) is 2. The Balaban J connectivity index is 1.38. The van der Waals surface area contributed by atoms with Crippen LogP contribution in [0.3, 0.4) is 0 Å². The molecule has 40 heavy (non-hydrogen) atoms. The van der Waals surface area contributed by atoms with Gasteiger partial charge in [0, 0.05) is 36.4 Å². The fourth-order valence-corrected chi connectivity index (χ4v) is 5.14. The van der Waals surface area contributed by atoms with Gasteiger partial charge in [-0.3, -0.25) is 9.59 Å². The van der Waals surface area contributed by atoms with E-state index in [1.165, 1.54) is 31.6 Å². The van der Waals surface area contributed by atoms with E-state index in [1.807, 2.05) is 0 Å². The number of H-pyrrole nitrogens is 1. The van der Waals surface area contributed by atoms with Crippen LogP contribution in [0.25, 0.3) is 22.3 Å². The number of hydrogen-bond acceptors (Lipinski definition) is 6. The summed E-state index contributed by atoms with van der Waals surface area (Å²) in [7, 11) is 1.39. The molecule has 5 rings (SSSR count). The van der Waals surface area contributed by atoms with Gasteiger partial charge in [0.15, 0.2) is 0 Å². The van der Waals surface area contributed by atoms with Gasteiger partial charge in [0.25, 0.3) is 12.3 Å². The summed E-state index contributed by atoms with van der Waals surface area (Å²) < 4.78 is 52.7. The number of nitrogens with one attached hydrogen (secondary N) is 3. The summed E-state index contributed by atoms with van der Waals surface area (Å²) in [6.45, 7) is 2.05. The molecule has 9 nitrogen and oxygen atoms in total. The molecule has 2 heterocycles. The highest BCUT2D eigenvalue weighted by Gasteiger charge is 2.33. The van der Waals surface area contributed by atoms with Gasteiger partial charge in [-0.2, -0.15) is 0 Å². The monoisotopic (exact) mass is 559 g/mol. The normalized spacial score (nSPS) is 21.0. The van der Waals surface area contributed by atoms with Gasteiger partial charge >= 0.3 is 0 Å². The number of carbonyl (C=O) groups is 2. The summed E-state index contributed by atoms with van der Waals surface area (Å²) in [5, 5.41) is 5.53. The lowest BCUT2D eigenvalue weighted by Crippen LogP contribution is -2.50. The first kappa shape index (κ1) is 27.9. The van der Waals surface area contributed by atoms with Crippen LogP contribution in [0.2, 0.25) is 0 Å². The molecule has 0 radical (unpaired) electrons. The van der Waals surface area contributed by atoms with Gasteiger partial charge in [0.1, 0.15) is 36.1 Å². The smallest absolute Gasteiger partial charge is 0.263 e. The minimum absolute atomic E-state index is 0.0490. The summed E-state index contributed by atoms with van der Waals surface area (Å²) in [5.74, 6) is 0.0660. The Morgan fingerprint density at radius 2 is 1.95 bits per heavy atom. The summed E-state index contributed by atoms with van der Waals surface area (Å²) in [6.07, 6.45) is 0.323. The molecule has 12 heteroatoms. The van der Waals surface area contributed by atoms with Crippen molar-refractivity contribution >= 4 is 22.8 Å². The van der Waals surface area contributed by atoms with Crippen molar-refractivity contribution in [3.05, 3.63) is 41.3 Å². The Morgan fingerprint density at radius 1 is 1.15 bits per heavy atom. The van der Waals surface area contributed by atoms with E-state index in [9.17, 15) is 22.8 Å². The zero-order valence-electron chi connectivity index (χ0n) is 22.3. The minimum Gasteiger partial charge on any atom is -0.493 e. The van der Waals surface area contributed by atoms with Crippen molar-refractivity contribution in [3.8, 4) is 17.0 Å². The van der Waals surface area contributed by atoms with Gasteiger partial charge in [0.05, 0.1) is 23.7 Å². The van der Waals surface area contributed by atoms with Crippen molar-refractivity contribution in [1.82, 2.24) is 25.6 Å². The second-order valence-electron chi connectivity index (χ2n) is 10.5. The fraction of sp³-hybridized carbons (Fsp3) is 0.500. The highest BCUT2D eigenvalue weighted by molar-refractivity contribution is 6.09. The predicted octanol–water partition coefficient (Wildman–Crippen LogP) is 4.41. The number of aromatic nitrogens is 3. The topological polar surface area (TPSA) is 118 Å². The van der Waals surface area contributed by atoms with Crippen LogP contribution in [-0.4, -0.2) is 65.3 Å². The molecule has 1 aromatic carbocycles. The quantitative estimate of drug-likeness (QED) is 0.339. The van der Waals surface area contributed by atoms with E-state index in [2.05, 4.69) is 25.6 Å². The van der Waals surface area contributed by atoms with Gasteiger partial charge in [-0.15, -0.1) is 0 Å². The Morgan fingerprint density at radius 3 is 2.65 bits per heavy atom. The highest BCUT2D eigenvalue weighted by atomic mass is 19.3. The lowest BCUT2D eigenvalue weighted by molar-refractivity contribution is -0.126. The van der Waals surface area contributed by atoms with Crippen LogP contribution in [-0.2, 0) is 9.53 Å². The number of benzene rings is 1. The van der Waals surface area contributed by atoms with Crippen molar-refractivity contribution in [1.29, 1.82) is 0 Å². The molecule has 3 atom stereocenters. The molecule has 2 aliphatic carbocycles. The van der Waals surface area contributed by atoms with Crippen LogP contribution in [0.1, 0.15) is 60.1 Å². The minimum atomic E-state index is -2.68. The van der Waals surface area contributed by atoms with Crippen LogP contribution < -0.4 is 15.4 Å². The summed E-state index contributed by atoms with van der Waals surface area (Å²) in [4.78, 5) is 37.0. The Kier molecular flexibility index (Phi) is 8.24. The molecule has 0 bridgehead atoms. The van der Waals surface area contributed by atoms with Gasteiger partial charge in [-0.1, -0.05) is 0 Å². The second kappa shape index (κ2) is 11.8. The molecule has 2 amide bonds. The van der Waals surface area contributed by atoms with Gasteiger partial charge in [-0.25, -0.2) is 23.1 Å². The number of methoxy groups -OCH3 is 1. The Bertz CT molecular complexity index is 1390. The number of aryl methyl sites for hydroxylation is 1. The maximum atomic E-state index is 14.8. The maximum Gasteiger partial charge on any atom is 0.263 e. The third kappa shape index (κ3) is 6.06. The number of halogens is 3. The number of hydrogen-bond donors (Lipinski definition) is 3. The molecule has 214 valence electrons. The molecule has 2 saturated carbocycles. The van der Waals surface area contributed by atoms with E-state index < -0.39 is 30.6 Å². The molecule has 2 aromatic heterocycles. The SMILES string of the molecule is COCC(=O)NC1CCC(NC(=O)c2c(C)[nH]c3c(-c4cc(C(F)F)ccc4OCC4CC4)ncnc23)CC1F. The van der Waals surface area contributed by atoms with E-state index in [-0.39, 0.29) is 30.1 Å². The third-order valence-corrected chi connectivity index (χ3v) is 7.41. The Labute approximate surface area is 229 Å². The van der Waals surface area contributed by atoms with Crippen molar-refractivity contribution in [2.45, 2.75) is 63.7 Å². The number of fused-ring (bicyclic) bond motifs is 1. The van der Waals surface area contributed by atoms with Crippen molar-refractivity contribution in [2.24, 2.45) is 5.92 Å². The maximum absolute atomic E-state index is 14.8. The molecule has 3 unspecified atom stereocenters. The predicted molar refractivity (Wildman–Crippen MR) is 141 cm³/mol. The van der Waals surface area contributed by atoms with Crippen LogP contribution >= 0.6 is 0 Å². The van der Waals surface area contributed by atoms with Gasteiger partial charge in [0.2, 0.25) is 5.91 Å². The van der Waals surface area contributed by atoms with E-state index in [4.69, 9.17) is 9.47 Å². The second-order valence-corrected chi connectivity index (χ2v) is 10.5.